The van der Waals surface area contributed by atoms with Crippen molar-refractivity contribution in [3.05, 3.63) is 69.3 Å². The molecule has 0 spiro atoms. The van der Waals surface area contributed by atoms with Crippen molar-refractivity contribution < 1.29 is 23.4 Å². The summed E-state index contributed by atoms with van der Waals surface area (Å²) in [5, 5.41) is 16.2. The van der Waals surface area contributed by atoms with Crippen LogP contribution >= 0.6 is 11.5 Å². The maximum absolute atomic E-state index is 13.3. The molecule has 5 heterocycles. The van der Waals surface area contributed by atoms with Crippen LogP contribution in [0.15, 0.2) is 52.3 Å². The van der Waals surface area contributed by atoms with Crippen LogP contribution < -0.4 is 21.8 Å². The maximum Gasteiger partial charge on any atom is 0.321 e. The van der Waals surface area contributed by atoms with Gasteiger partial charge in [0.2, 0.25) is 0 Å². The average molecular weight is 557 g/mol. The van der Waals surface area contributed by atoms with E-state index in [1.807, 2.05) is 0 Å². The summed E-state index contributed by atoms with van der Waals surface area (Å²) in [7, 11) is 0. The van der Waals surface area contributed by atoms with E-state index in [2.05, 4.69) is 19.4 Å². The third-order valence-electron chi connectivity index (χ3n) is 6.29. The van der Waals surface area contributed by atoms with Gasteiger partial charge in [0.15, 0.2) is 11.9 Å². The summed E-state index contributed by atoms with van der Waals surface area (Å²) in [6.07, 6.45) is -0.633. The second-order valence-electron chi connectivity index (χ2n) is 8.61. The lowest BCUT2D eigenvalue weighted by molar-refractivity contribution is -0.143. The van der Waals surface area contributed by atoms with E-state index in [4.69, 9.17) is 10.5 Å². The number of aromatic nitrogens is 6. The minimum absolute atomic E-state index is 0.0369. The van der Waals surface area contributed by atoms with Gasteiger partial charge in [0.1, 0.15) is 17.7 Å². The molecular weight excluding hydrogens is 538 g/mol. The van der Waals surface area contributed by atoms with Gasteiger partial charge in [0.05, 0.1) is 34.4 Å². The Balaban J connectivity index is 1.29. The van der Waals surface area contributed by atoms with Crippen LogP contribution in [0.25, 0.3) is 26.7 Å². The molecule has 5 aromatic rings. The minimum atomic E-state index is -3.03. The number of aromatic amines is 1. The van der Waals surface area contributed by atoms with E-state index < -0.39 is 35.8 Å². The van der Waals surface area contributed by atoms with Gasteiger partial charge in [0.25, 0.3) is 17.0 Å². The number of nitrogens with two attached hydrogens (primary N) is 1. The molecule has 0 radical (unpaired) electrons. The highest BCUT2D eigenvalue weighted by Gasteiger charge is 2.38. The van der Waals surface area contributed by atoms with Crippen LogP contribution in [0.4, 0.5) is 20.4 Å². The van der Waals surface area contributed by atoms with Crippen LogP contribution in [-0.2, 0) is 9.53 Å². The van der Waals surface area contributed by atoms with Gasteiger partial charge >= 0.3 is 6.55 Å². The number of nitrogens with one attached hydrogen (secondary N) is 1. The molecule has 39 heavy (non-hydrogen) atoms. The fraction of sp³-hybridized carbons (Fsp3) is 0.217. The first kappa shape index (κ1) is 24.8. The summed E-state index contributed by atoms with van der Waals surface area (Å²) in [6, 6.07) is 7.04. The summed E-state index contributed by atoms with van der Waals surface area (Å²) in [5.74, 6) is -0.352. The molecule has 16 heteroatoms. The molecule has 2 unspecified atom stereocenters. The van der Waals surface area contributed by atoms with Crippen molar-refractivity contribution in [2.45, 2.75) is 18.8 Å². The number of ether oxygens (including phenoxy) is 1. The molecule has 13 nitrogen and oxygen atoms in total. The van der Waals surface area contributed by atoms with Crippen molar-refractivity contribution in [3.8, 4) is 5.69 Å². The van der Waals surface area contributed by atoms with Crippen molar-refractivity contribution >= 4 is 50.1 Å². The number of hydrogen-bond acceptors (Lipinski definition) is 10. The smallest absolute Gasteiger partial charge is 0.321 e. The zero-order valence-corrected chi connectivity index (χ0v) is 20.5. The highest BCUT2D eigenvalue weighted by Crippen LogP contribution is 2.30. The number of fused-ring (bicyclic) bond motifs is 3. The Bertz CT molecular complexity index is 1860. The molecule has 1 fully saturated rings. The second kappa shape index (κ2) is 9.33. The van der Waals surface area contributed by atoms with Gasteiger partial charge in [-0.2, -0.15) is 13.2 Å². The van der Waals surface area contributed by atoms with Crippen molar-refractivity contribution in [3.63, 3.8) is 0 Å². The molecule has 0 bridgehead atoms. The molecule has 200 valence electrons. The number of amides is 1. The van der Waals surface area contributed by atoms with E-state index in [-0.39, 0.29) is 46.0 Å². The highest BCUT2D eigenvalue weighted by molar-refractivity contribution is 7.14. The van der Waals surface area contributed by atoms with Gasteiger partial charge < -0.3 is 20.6 Å². The van der Waals surface area contributed by atoms with Gasteiger partial charge in [-0.15, -0.1) is 5.10 Å². The number of halogens is 2. The summed E-state index contributed by atoms with van der Waals surface area (Å²) in [4.78, 5) is 46.0. The first-order valence-electron chi connectivity index (χ1n) is 11.5. The number of rotatable bonds is 5. The van der Waals surface area contributed by atoms with E-state index in [0.717, 1.165) is 23.8 Å². The molecule has 4 aromatic heterocycles. The maximum atomic E-state index is 13.3. The Hall–Kier alpha value is -4.54. The van der Waals surface area contributed by atoms with E-state index in [1.54, 1.807) is 12.1 Å². The van der Waals surface area contributed by atoms with Crippen molar-refractivity contribution in [1.29, 1.82) is 0 Å². The lowest BCUT2D eigenvalue weighted by Gasteiger charge is -2.32. The molecular formula is C23H18F2N8O5S. The number of morpholine rings is 1. The number of anilines is 2. The number of nitrogen functional groups attached to an aromatic ring is 1. The summed E-state index contributed by atoms with van der Waals surface area (Å²) < 4.78 is 37.9. The Morgan fingerprint density at radius 2 is 2.00 bits per heavy atom. The lowest BCUT2D eigenvalue weighted by atomic mass is 10.1. The van der Waals surface area contributed by atoms with E-state index in [9.17, 15) is 28.3 Å². The van der Waals surface area contributed by atoms with Crippen molar-refractivity contribution in [2.24, 2.45) is 0 Å². The molecule has 0 aliphatic carbocycles. The van der Waals surface area contributed by atoms with Gasteiger partial charge in [-0.25, -0.2) is 9.67 Å². The summed E-state index contributed by atoms with van der Waals surface area (Å²) in [5.41, 5.74) is 4.90. The van der Waals surface area contributed by atoms with Crippen LogP contribution in [0.2, 0.25) is 0 Å². The van der Waals surface area contributed by atoms with Gasteiger partial charge in [-0.1, -0.05) is 0 Å². The van der Waals surface area contributed by atoms with Gasteiger partial charge in [-0.3, -0.25) is 23.9 Å². The molecule has 6 rings (SSSR count). The molecule has 1 aliphatic rings. The third kappa shape index (κ3) is 4.14. The number of nitrogens with zero attached hydrogens (tertiary/aromatic N) is 6. The number of carbonyl (C=O) groups is 1. The van der Waals surface area contributed by atoms with Gasteiger partial charge in [-0.05, 0) is 29.7 Å². The fourth-order valence-corrected chi connectivity index (χ4v) is 5.23. The number of aliphatic hydroxyl groups excluding tert-OH is 1. The normalized spacial score (nSPS) is 17.0. The number of aliphatic hydroxyl groups is 1. The number of hydrogen-bond donors (Lipinski definition) is 3. The molecule has 0 saturated carbocycles. The zero-order valence-electron chi connectivity index (χ0n) is 19.7. The third-order valence-corrected chi connectivity index (χ3v) is 7.19. The molecule has 1 amide bonds. The lowest BCUT2D eigenvalue weighted by Crippen LogP contribution is -2.50. The monoisotopic (exact) mass is 556 g/mol. The topological polar surface area (TPSA) is 174 Å². The largest absolute Gasteiger partial charge is 0.382 e. The van der Waals surface area contributed by atoms with Crippen LogP contribution in [0.5, 0.6) is 0 Å². The minimum Gasteiger partial charge on any atom is -0.382 e. The van der Waals surface area contributed by atoms with E-state index in [1.165, 1.54) is 27.9 Å². The summed E-state index contributed by atoms with van der Waals surface area (Å²) in [6.45, 7) is -2.89. The quantitative estimate of drug-likeness (QED) is 0.288. The number of H-pyrrole nitrogens is 1. The first-order chi connectivity index (χ1) is 18.7. The summed E-state index contributed by atoms with van der Waals surface area (Å²) >= 11 is 1.06. The number of pyridine rings is 1. The fourth-order valence-electron chi connectivity index (χ4n) is 4.39. The second-order valence-corrected chi connectivity index (χ2v) is 9.38. The van der Waals surface area contributed by atoms with Gasteiger partial charge in [0, 0.05) is 29.9 Å². The predicted octanol–water partition coefficient (Wildman–Crippen LogP) is 1.32. The van der Waals surface area contributed by atoms with E-state index >= 15 is 0 Å². The number of benzene rings is 1. The van der Waals surface area contributed by atoms with E-state index in [0.29, 0.717) is 15.9 Å². The average Bonchev–Trinajstić information content (AvgIpc) is 3.55. The SMILES string of the molecule is Nc1nsc2c1ccc1nc(C(O)C3OCCN(c4ccn(-c5ccc(=O)n(C(F)F)c5)n4)C3=O)[nH]c(=O)c12. The molecule has 2 atom stereocenters. The molecule has 1 saturated heterocycles. The first-order valence-corrected chi connectivity index (χ1v) is 12.3. The molecule has 1 aliphatic heterocycles. The zero-order chi connectivity index (χ0) is 27.4. The number of alkyl halides is 2. The van der Waals surface area contributed by atoms with Crippen LogP contribution in [0.3, 0.4) is 0 Å². The molecule has 4 N–H and O–H groups in total. The Labute approximate surface area is 219 Å². The van der Waals surface area contributed by atoms with Crippen LogP contribution in [0, 0.1) is 0 Å². The standard InChI is InChI=1S/C23H18F2N8O5S/c24-23(25)32-9-10(1-4-14(32)34)33-6-5-13(29-33)31-7-8-38-17(22(31)37)16(35)20-27-12-3-2-11-18(39-30-19(11)26)15(12)21(36)28-20/h1-6,9,16-17,23,35H,7-8H2,(H2,26,30)(H,27,28,36). The Kier molecular flexibility index (Phi) is 5.93. The van der Waals surface area contributed by atoms with Crippen molar-refractivity contribution in [1.82, 2.24) is 28.7 Å². The Morgan fingerprint density at radius 3 is 2.79 bits per heavy atom. The predicted molar refractivity (Wildman–Crippen MR) is 136 cm³/mol. The highest BCUT2D eigenvalue weighted by atomic mass is 32.1. The van der Waals surface area contributed by atoms with Crippen LogP contribution in [-0.4, -0.2) is 59.0 Å². The van der Waals surface area contributed by atoms with Crippen molar-refractivity contribution in [2.75, 3.05) is 23.8 Å². The van der Waals surface area contributed by atoms with Crippen LogP contribution in [0.1, 0.15) is 18.5 Å². The molecule has 1 aromatic carbocycles. The Morgan fingerprint density at radius 1 is 1.18 bits per heavy atom. The number of carbonyl (C=O) groups excluding carboxylic acids is 1.